The van der Waals surface area contributed by atoms with Gasteiger partial charge < -0.3 is 19.6 Å². The Morgan fingerprint density at radius 3 is 2.08 bits per heavy atom. The summed E-state index contributed by atoms with van der Waals surface area (Å²) in [6.45, 7) is 1.83. The average molecular weight is 397 g/mol. The fourth-order valence-corrected chi connectivity index (χ4v) is 5.27. The van der Waals surface area contributed by atoms with Crippen LogP contribution in [-0.4, -0.2) is 19.6 Å². The molecular formula is C11H14NO9P3. The highest BCUT2D eigenvalue weighted by Crippen LogP contribution is 2.65. The van der Waals surface area contributed by atoms with Gasteiger partial charge in [0.15, 0.2) is 0 Å². The Balaban J connectivity index is 2.30. The fourth-order valence-electron chi connectivity index (χ4n) is 2.03. The Kier molecular flexibility index (Phi) is 5.37. The predicted octanol–water partition coefficient (Wildman–Crippen LogP) is 2.89. The number of aryl methyl sites for hydroxylation is 1. The van der Waals surface area contributed by atoms with Crippen LogP contribution in [0.1, 0.15) is 5.56 Å². The molecule has 24 heavy (non-hydrogen) atoms. The Labute approximate surface area is 136 Å². The minimum Gasteiger partial charge on any atom is -0.308 e. The SMILES string of the molecule is Cc1cccc2c(NP(=O)(O)OP(=O)(O)OP(=O)(O)O)cccc12. The number of fused-ring (bicyclic) bond motifs is 1. The molecule has 10 nitrogen and oxygen atoms in total. The van der Waals surface area contributed by atoms with Gasteiger partial charge in [-0.3, -0.25) is 5.09 Å². The molecule has 0 aliphatic carbocycles. The van der Waals surface area contributed by atoms with Crippen LogP contribution in [0.2, 0.25) is 0 Å². The van der Waals surface area contributed by atoms with Crippen LogP contribution in [0.4, 0.5) is 5.69 Å². The Hall–Kier alpha value is -1.05. The number of rotatable bonds is 6. The molecule has 2 rings (SSSR count). The van der Waals surface area contributed by atoms with E-state index in [1.54, 1.807) is 24.3 Å². The van der Waals surface area contributed by atoms with Crippen LogP contribution in [0.25, 0.3) is 10.8 Å². The standard InChI is InChI=1S/C11H14NO9P3/c1-8-4-2-6-10-9(8)5-3-7-11(10)12-22(13,14)20-24(18,19)21-23(15,16)17/h2-7H,1H3,(H,18,19)(H2,12,13,14)(H2,15,16,17). The summed E-state index contributed by atoms with van der Waals surface area (Å²) in [5.41, 5.74) is 1.01. The van der Waals surface area contributed by atoms with Gasteiger partial charge in [0, 0.05) is 5.39 Å². The molecule has 13 heteroatoms. The highest BCUT2D eigenvalue weighted by molar-refractivity contribution is 7.68. The van der Waals surface area contributed by atoms with Gasteiger partial charge in [0.1, 0.15) is 0 Å². The first kappa shape index (κ1) is 19.3. The lowest BCUT2D eigenvalue weighted by Gasteiger charge is -2.18. The summed E-state index contributed by atoms with van der Waals surface area (Å²) in [4.78, 5) is 35.8. The van der Waals surface area contributed by atoms with E-state index in [0.29, 0.717) is 5.39 Å². The first-order valence-electron chi connectivity index (χ1n) is 6.29. The second kappa shape index (κ2) is 6.69. The first-order valence-corrected chi connectivity index (χ1v) is 10.9. The molecule has 0 heterocycles. The van der Waals surface area contributed by atoms with E-state index in [1.807, 2.05) is 13.0 Å². The quantitative estimate of drug-likeness (QED) is 0.458. The smallest absolute Gasteiger partial charge is 0.308 e. The lowest BCUT2D eigenvalue weighted by molar-refractivity contribution is 0.223. The molecule has 2 unspecified atom stereocenters. The minimum atomic E-state index is -5.48. The topological polar surface area (TPSA) is 163 Å². The third kappa shape index (κ3) is 5.22. The van der Waals surface area contributed by atoms with E-state index in [-0.39, 0.29) is 5.69 Å². The first-order chi connectivity index (χ1) is 10.9. The molecule has 2 aromatic carbocycles. The number of hydrogen-bond acceptors (Lipinski definition) is 5. The molecule has 0 fully saturated rings. The second-order valence-electron chi connectivity index (χ2n) is 4.73. The van der Waals surface area contributed by atoms with Gasteiger partial charge >= 0.3 is 23.4 Å². The molecule has 0 saturated carbocycles. The summed E-state index contributed by atoms with van der Waals surface area (Å²) in [5, 5.41) is 3.36. The minimum absolute atomic E-state index is 0.123. The summed E-state index contributed by atoms with van der Waals surface area (Å²) in [5.74, 6) is 0. The van der Waals surface area contributed by atoms with Crippen molar-refractivity contribution >= 4 is 39.9 Å². The van der Waals surface area contributed by atoms with Crippen LogP contribution in [0, 0.1) is 6.92 Å². The van der Waals surface area contributed by atoms with E-state index in [4.69, 9.17) is 14.7 Å². The summed E-state index contributed by atoms with van der Waals surface area (Å²) in [7, 11) is -15.9. The van der Waals surface area contributed by atoms with Crippen molar-refractivity contribution in [3.05, 3.63) is 42.0 Å². The van der Waals surface area contributed by atoms with E-state index in [0.717, 1.165) is 10.9 Å². The van der Waals surface area contributed by atoms with Crippen molar-refractivity contribution in [1.82, 2.24) is 0 Å². The van der Waals surface area contributed by atoms with E-state index in [2.05, 4.69) is 13.7 Å². The van der Waals surface area contributed by atoms with Crippen LogP contribution >= 0.6 is 23.4 Å². The van der Waals surface area contributed by atoms with Gasteiger partial charge in [0.2, 0.25) is 0 Å². The van der Waals surface area contributed by atoms with Crippen LogP contribution in [0.15, 0.2) is 36.4 Å². The molecule has 2 atom stereocenters. The average Bonchev–Trinajstić information content (AvgIpc) is 2.35. The van der Waals surface area contributed by atoms with E-state index in [1.165, 1.54) is 6.07 Å². The second-order valence-corrected chi connectivity index (χ2v) is 9.22. The highest BCUT2D eigenvalue weighted by Gasteiger charge is 2.39. The van der Waals surface area contributed by atoms with Crippen molar-refractivity contribution in [2.45, 2.75) is 6.92 Å². The maximum absolute atomic E-state index is 12.0. The molecule has 2 aromatic rings. The number of nitrogens with one attached hydrogen (secondary N) is 1. The van der Waals surface area contributed by atoms with Crippen molar-refractivity contribution in [3.8, 4) is 0 Å². The lowest BCUT2D eigenvalue weighted by atomic mass is 10.0. The van der Waals surface area contributed by atoms with E-state index >= 15 is 0 Å². The van der Waals surface area contributed by atoms with Crippen molar-refractivity contribution in [3.63, 3.8) is 0 Å². The molecule has 0 spiro atoms. The molecule has 0 bridgehead atoms. The number of hydrogen-bond donors (Lipinski definition) is 5. The third-order valence-corrected chi connectivity index (χ3v) is 6.74. The third-order valence-electron chi connectivity index (χ3n) is 2.83. The summed E-state index contributed by atoms with van der Waals surface area (Å²) >= 11 is 0. The van der Waals surface area contributed by atoms with Gasteiger partial charge in [0.05, 0.1) is 5.69 Å². The summed E-state index contributed by atoms with van der Waals surface area (Å²) in [6.07, 6.45) is 0. The number of phosphoric acid groups is 2. The van der Waals surface area contributed by atoms with Crippen LogP contribution in [-0.2, 0) is 22.3 Å². The highest BCUT2D eigenvalue weighted by atomic mass is 31.3. The van der Waals surface area contributed by atoms with Gasteiger partial charge in [-0.2, -0.15) is 8.62 Å². The maximum Gasteiger partial charge on any atom is 0.489 e. The molecule has 0 saturated heterocycles. The Morgan fingerprint density at radius 1 is 0.875 bits per heavy atom. The van der Waals surface area contributed by atoms with Crippen molar-refractivity contribution in [1.29, 1.82) is 0 Å². The molecule has 0 aromatic heterocycles. The molecule has 0 aliphatic rings. The molecular weight excluding hydrogens is 383 g/mol. The fraction of sp³-hybridized carbons (Fsp3) is 0.0909. The lowest BCUT2D eigenvalue weighted by Crippen LogP contribution is -2.01. The number of benzene rings is 2. The van der Waals surface area contributed by atoms with Crippen LogP contribution < -0.4 is 5.09 Å². The molecule has 0 amide bonds. The predicted molar refractivity (Wildman–Crippen MR) is 86.2 cm³/mol. The molecule has 0 aliphatic heterocycles. The van der Waals surface area contributed by atoms with Crippen LogP contribution in [0.3, 0.4) is 0 Å². The molecule has 0 radical (unpaired) electrons. The normalized spacial score (nSPS) is 17.2. The van der Waals surface area contributed by atoms with E-state index in [9.17, 15) is 18.6 Å². The van der Waals surface area contributed by atoms with Crippen molar-refractivity contribution in [2.75, 3.05) is 5.09 Å². The zero-order chi connectivity index (χ0) is 18.2. The zero-order valence-electron chi connectivity index (χ0n) is 12.1. The van der Waals surface area contributed by atoms with Gasteiger partial charge in [-0.25, -0.2) is 13.7 Å². The van der Waals surface area contributed by atoms with Gasteiger partial charge in [-0.15, -0.1) is 0 Å². The van der Waals surface area contributed by atoms with Gasteiger partial charge in [0.25, 0.3) is 0 Å². The van der Waals surface area contributed by atoms with Gasteiger partial charge in [-0.1, -0.05) is 30.3 Å². The zero-order valence-corrected chi connectivity index (χ0v) is 14.8. The van der Waals surface area contributed by atoms with Crippen LogP contribution in [0.5, 0.6) is 0 Å². The maximum atomic E-state index is 12.0. The monoisotopic (exact) mass is 397 g/mol. The Bertz CT molecular complexity index is 909. The van der Waals surface area contributed by atoms with Crippen molar-refractivity contribution in [2.24, 2.45) is 0 Å². The van der Waals surface area contributed by atoms with Gasteiger partial charge in [-0.05, 0) is 23.9 Å². The summed E-state index contributed by atoms with van der Waals surface area (Å²) in [6, 6.07) is 9.97. The Morgan fingerprint density at radius 2 is 1.46 bits per heavy atom. The van der Waals surface area contributed by atoms with E-state index < -0.39 is 23.4 Å². The molecule has 5 N–H and O–H groups in total. The number of anilines is 1. The van der Waals surface area contributed by atoms with Crippen molar-refractivity contribution < 1.29 is 41.9 Å². The molecule has 132 valence electrons. The summed E-state index contributed by atoms with van der Waals surface area (Å²) < 4.78 is 41.4. The largest absolute Gasteiger partial charge is 0.489 e.